The van der Waals surface area contributed by atoms with Gasteiger partial charge in [0, 0.05) is 35.4 Å². The first kappa shape index (κ1) is 21.0. The number of nitrogens with one attached hydrogen (secondary N) is 3. The first-order valence-electron chi connectivity index (χ1n) is 10.2. The Bertz CT molecular complexity index is 1310. The summed E-state index contributed by atoms with van der Waals surface area (Å²) in [5, 5.41) is 6.58. The zero-order valence-electron chi connectivity index (χ0n) is 17.1. The van der Waals surface area contributed by atoms with Crippen molar-refractivity contribution < 1.29 is 22.3 Å². The van der Waals surface area contributed by atoms with E-state index in [2.05, 4.69) is 30.6 Å². The van der Waals surface area contributed by atoms with Crippen LogP contribution in [0.2, 0.25) is 0 Å². The van der Waals surface area contributed by atoms with Crippen LogP contribution in [0.4, 0.5) is 29.2 Å². The molecule has 33 heavy (non-hydrogen) atoms. The van der Waals surface area contributed by atoms with Crippen LogP contribution < -0.4 is 15.4 Å². The van der Waals surface area contributed by atoms with E-state index in [0.29, 0.717) is 13.0 Å². The predicted octanol–water partition coefficient (Wildman–Crippen LogP) is 4.55. The Morgan fingerprint density at radius 1 is 1.15 bits per heavy atom. The molecular formula is C22H18F4N6O. The van der Waals surface area contributed by atoms with Crippen molar-refractivity contribution in [2.24, 2.45) is 0 Å². The number of pyridine rings is 1. The van der Waals surface area contributed by atoms with E-state index in [1.807, 2.05) is 30.5 Å². The number of aromatic nitrogens is 4. The van der Waals surface area contributed by atoms with Gasteiger partial charge in [-0.2, -0.15) is 13.2 Å². The van der Waals surface area contributed by atoms with Crippen molar-refractivity contribution in [3.8, 4) is 17.1 Å². The quantitative estimate of drug-likeness (QED) is 0.381. The molecule has 0 radical (unpaired) electrons. The van der Waals surface area contributed by atoms with Gasteiger partial charge in [-0.05, 0) is 24.1 Å². The number of anilines is 2. The van der Waals surface area contributed by atoms with Gasteiger partial charge in [0.15, 0.2) is 23.5 Å². The number of ether oxygens (including phenoxy) is 1. The van der Waals surface area contributed by atoms with E-state index in [-0.39, 0.29) is 28.8 Å². The van der Waals surface area contributed by atoms with Crippen LogP contribution in [0.15, 0.2) is 48.9 Å². The topological polar surface area (TPSA) is 87.8 Å². The number of nitrogens with zero attached hydrogens (tertiary/aromatic N) is 3. The molecule has 7 nitrogen and oxygen atoms in total. The second-order valence-electron chi connectivity index (χ2n) is 7.55. The Morgan fingerprint density at radius 3 is 2.82 bits per heavy atom. The lowest BCUT2D eigenvalue weighted by atomic mass is 10.1. The number of fused-ring (bicyclic) bond motifs is 2. The molecule has 0 bridgehead atoms. The van der Waals surface area contributed by atoms with Crippen molar-refractivity contribution in [1.82, 2.24) is 19.9 Å². The summed E-state index contributed by atoms with van der Waals surface area (Å²) in [5.41, 5.74) is 2.32. The average molecular weight is 458 g/mol. The maximum atomic E-state index is 13.7. The third-order valence-electron chi connectivity index (χ3n) is 5.29. The first-order chi connectivity index (χ1) is 15.9. The zero-order valence-corrected chi connectivity index (χ0v) is 17.1. The molecule has 0 aliphatic carbocycles. The van der Waals surface area contributed by atoms with Crippen LogP contribution in [-0.2, 0) is 6.42 Å². The van der Waals surface area contributed by atoms with Crippen LogP contribution in [0.25, 0.3) is 22.3 Å². The Kier molecular flexibility index (Phi) is 5.23. The Balaban J connectivity index is 1.44. The van der Waals surface area contributed by atoms with E-state index >= 15 is 0 Å². The number of benzene rings is 1. The summed E-state index contributed by atoms with van der Waals surface area (Å²) in [4.78, 5) is 15.5. The first-order valence-corrected chi connectivity index (χ1v) is 10.2. The molecule has 4 aromatic rings. The number of rotatable bonds is 5. The van der Waals surface area contributed by atoms with Crippen LogP contribution in [0, 0.1) is 5.82 Å². The van der Waals surface area contributed by atoms with Gasteiger partial charge in [0.2, 0.25) is 5.75 Å². The minimum absolute atomic E-state index is 0.0225. The highest BCUT2D eigenvalue weighted by molar-refractivity contribution is 5.83. The van der Waals surface area contributed by atoms with Crippen molar-refractivity contribution in [3.05, 3.63) is 60.3 Å². The Hall–Kier alpha value is -3.89. The van der Waals surface area contributed by atoms with Crippen molar-refractivity contribution in [3.63, 3.8) is 0 Å². The fraction of sp³-hybridized carbons (Fsp3) is 0.227. The molecule has 1 aliphatic rings. The highest BCUT2D eigenvalue weighted by Gasteiger charge is 2.43. The number of hydrogen-bond acceptors (Lipinski definition) is 6. The van der Waals surface area contributed by atoms with Gasteiger partial charge in [-0.3, -0.25) is 4.98 Å². The highest BCUT2D eigenvalue weighted by atomic mass is 19.4. The van der Waals surface area contributed by atoms with Crippen LogP contribution in [0.1, 0.15) is 5.56 Å². The standard InChI is InChI=1S/C22H18F4N6O/c23-14-7-13(8-27-10-14)19-31-20(18-21(32-19)30-17(11-33-18)22(24,25)26)28-6-5-12-9-29-16-4-2-1-3-15(12)16/h1-4,7-10,17,29H,5-6,11H2,(H2,28,30,31,32)/t17-/m1/s1. The fourth-order valence-corrected chi connectivity index (χ4v) is 3.67. The highest BCUT2D eigenvalue weighted by Crippen LogP contribution is 2.38. The second kappa shape index (κ2) is 8.23. The lowest BCUT2D eigenvalue weighted by molar-refractivity contribution is -0.149. The van der Waals surface area contributed by atoms with Gasteiger partial charge in [0.25, 0.3) is 0 Å². The van der Waals surface area contributed by atoms with Crippen LogP contribution in [0.3, 0.4) is 0 Å². The van der Waals surface area contributed by atoms with E-state index in [1.165, 1.54) is 6.20 Å². The number of alkyl halides is 3. The van der Waals surface area contributed by atoms with E-state index in [0.717, 1.165) is 28.7 Å². The lowest BCUT2D eigenvalue weighted by Crippen LogP contribution is -2.44. The molecular weight excluding hydrogens is 440 g/mol. The SMILES string of the molecule is Fc1cncc(-c2nc(NCCc3c[nH]c4ccccc34)c3c(n2)N[C@@H](C(F)(F)F)CO3)c1. The summed E-state index contributed by atoms with van der Waals surface area (Å²) < 4.78 is 58.8. The van der Waals surface area contributed by atoms with Crippen LogP contribution in [-0.4, -0.2) is 45.3 Å². The maximum Gasteiger partial charge on any atom is 0.411 e. The molecule has 1 aliphatic heterocycles. The normalized spacial score (nSPS) is 15.6. The van der Waals surface area contributed by atoms with Gasteiger partial charge in [-0.15, -0.1) is 0 Å². The van der Waals surface area contributed by atoms with E-state index in [1.54, 1.807) is 0 Å². The maximum absolute atomic E-state index is 13.7. The Morgan fingerprint density at radius 2 is 2.00 bits per heavy atom. The van der Waals surface area contributed by atoms with Crippen molar-refractivity contribution >= 4 is 22.5 Å². The molecule has 1 aromatic carbocycles. The van der Waals surface area contributed by atoms with E-state index in [4.69, 9.17) is 4.74 Å². The third-order valence-corrected chi connectivity index (χ3v) is 5.29. The van der Waals surface area contributed by atoms with Crippen molar-refractivity contribution in [1.29, 1.82) is 0 Å². The number of para-hydroxylation sites is 1. The predicted molar refractivity (Wildman–Crippen MR) is 115 cm³/mol. The molecule has 0 saturated heterocycles. The second-order valence-corrected chi connectivity index (χ2v) is 7.55. The fourth-order valence-electron chi connectivity index (χ4n) is 3.67. The molecule has 0 amide bonds. The molecule has 0 fully saturated rings. The minimum atomic E-state index is -4.52. The molecule has 0 saturated carbocycles. The number of halogens is 4. The summed E-state index contributed by atoms with van der Waals surface area (Å²) in [7, 11) is 0. The van der Waals surface area contributed by atoms with Gasteiger partial charge in [0.05, 0.1) is 6.20 Å². The van der Waals surface area contributed by atoms with Gasteiger partial charge in [0.1, 0.15) is 12.4 Å². The minimum Gasteiger partial charge on any atom is -0.484 e. The van der Waals surface area contributed by atoms with Gasteiger partial charge < -0.3 is 20.4 Å². The third kappa shape index (κ3) is 4.26. The van der Waals surface area contributed by atoms with Crippen molar-refractivity contribution in [2.75, 3.05) is 23.8 Å². The van der Waals surface area contributed by atoms with Gasteiger partial charge >= 0.3 is 6.18 Å². The summed E-state index contributed by atoms with van der Waals surface area (Å²) in [5.74, 6) is -0.406. The molecule has 11 heteroatoms. The van der Waals surface area contributed by atoms with Crippen LogP contribution in [0.5, 0.6) is 5.75 Å². The number of H-pyrrole nitrogens is 1. The Labute approximate surface area is 185 Å². The van der Waals surface area contributed by atoms with Crippen molar-refractivity contribution in [2.45, 2.75) is 18.6 Å². The van der Waals surface area contributed by atoms with Gasteiger partial charge in [-0.25, -0.2) is 14.4 Å². The zero-order chi connectivity index (χ0) is 23.0. The largest absolute Gasteiger partial charge is 0.484 e. The van der Waals surface area contributed by atoms with E-state index in [9.17, 15) is 17.6 Å². The summed E-state index contributed by atoms with van der Waals surface area (Å²) in [6, 6.07) is 7.11. The van der Waals surface area contributed by atoms with Crippen LogP contribution >= 0.6 is 0 Å². The molecule has 3 aromatic heterocycles. The molecule has 3 N–H and O–H groups in total. The number of aromatic amines is 1. The lowest BCUT2D eigenvalue weighted by Gasteiger charge is -2.29. The average Bonchev–Trinajstić information content (AvgIpc) is 3.21. The number of hydrogen-bond donors (Lipinski definition) is 3. The monoisotopic (exact) mass is 458 g/mol. The summed E-state index contributed by atoms with van der Waals surface area (Å²) >= 11 is 0. The van der Waals surface area contributed by atoms with Gasteiger partial charge in [-0.1, -0.05) is 18.2 Å². The smallest absolute Gasteiger partial charge is 0.411 e. The molecule has 5 rings (SSSR count). The molecule has 170 valence electrons. The molecule has 4 heterocycles. The molecule has 0 unspecified atom stereocenters. The molecule has 0 spiro atoms. The summed E-state index contributed by atoms with van der Waals surface area (Å²) in [6.45, 7) is -0.184. The summed E-state index contributed by atoms with van der Waals surface area (Å²) in [6.07, 6.45) is 0.372. The molecule has 1 atom stereocenters. The van der Waals surface area contributed by atoms with E-state index < -0.39 is 24.6 Å².